The van der Waals surface area contributed by atoms with Crippen molar-refractivity contribution < 1.29 is 13.2 Å². The van der Waals surface area contributed by atoms with Gasteiger partial charge in [0, 0.05) is 17.1 Å². The minimum Gasteiger partial charge on any atom is -0.495 e. The van der Waals surface area contributed by atoms with Crippen LogP contribution in [0.1, 0.15) is 10.7 Å². The summed E-state index contributed by atoms with van der Waals surface area (Å²) in [5.41, 5.74) is 6.62. The molecule has 1 aromatic carbocycles. The topological polar surface area (TPSA) is 82.3 Å². The Morgan fingerprint density at radius 3 is 2.74 bits per heavy atom. The van der Waals surface area contributed by atoms with E-state index in [2.05, 4.69) is 4.98 Å². The van der Waals surface area contributed by atoms with Gasteiger partial charge in [0.25, 0.3) is 0 Å². The summed E-state index contributed by atoms with van der Waals surface area (Å²) in [5, 5.41) is 2.59. The predicted octanol–water partition coefficient (Wildman–Crippen LogP) is 2.02. The van der Waals surface area contributed by atoms with Crippen molar-refractivity contribution in [1.82, 2.24) is 4.98 Å². The van der Waals surface area contributed by atoms with Crippen molar-refractivity contribution in [3.8, 4) is 5.75 Å². The van der Waals surface area contributed by atoms with Gasteiger partial charge < -0.3 is 10.5 Å². The number of nitrogen functional groups attached to an aromatic ring is 1. The zero-order chi connectivity index (χ0) is 14.0. The number of aryl methyl sites for hydroxylation is 1. The second kappa shape index (κ2) is 5.18. The number of nitrogens with two attached hydrogens (primary N) is 1. The molecular weight excluding hydrogens is 284 g/mol. The number of hydrogen-bond donors (Lipinski definition) is 1. The van der Waals surface area contributed by atoms with E-state index >= 15 is 0 Å². The lowest BCUT2D eigenvalue weighted by atomic mass is 10.3. The van der Waals surface area contributed by atoms with Crippen LogP contribution in [0.3, 0.4) is 0 Å². The highest BCUT2D eigenvalue weighted by atomic mass is 32.2. The maximum absolute atomic E-state index is 12.3. The summed E-state index contributed by atoms with van der Waals surface area (Å²) in [5.74, 6) is 0.115. The highest BCUT2D eigenvalue weighted by Crippen LogP contribution is 2.28. The minimum absolute atomic E-state index is 0.134. The lowest BCUT2D eigenvalue weighted by Gasteiger charge is -2.09. The number of anilines is 1. The molecule has 2 N–H and O–H groups in total. The molecule has 0 atom stereocenters. The molecule has 0 spiro atoms. The fraction of sp³-hybridized carbons (Fsp3) is 0.250. The summed E-state index contributed by atoms with van der Waals surface area (Å²) in [4.78, 5) is 4.30. The molecule has 7 heteroatoms. The van der Waals surface area contributed by atoms with Crippen LogP contribution in [0.2, 0.25) is 0 Å². The standard InChI is InChI=1S/C12H14N2O3S2/c1-8-14-10(6-18-8)7-19(15,16)12-4-3-9(13)5-11(12)17-2/h3-6H,7,13H2,1-2H3. The van der Waals surface area contributed by atoms with Crippen molar-refractivity contribution in [3.63, 3.8) is 0 Å². The number of thiazole rings is 1. The largest absolute Gasteiger partial charge is 0.495 e. The third-order valence-corrected chi connectivity index (χ3v) is 5.03. The molecule has 1 aromatic heterocycles. The number of ether oxygens (including phenoxy) is 1. The molecule has 0 radical (unpaired) electrons. The Hall–Kier alpha value is -1.60. The Morgan fingerprint density at radius 1 is 1.42 bits per heavy atom. The van der Waals surface area contributed by atoms with E-state index in [1.54, 1.807) is 11.4 Å². The summed E-state index contributed by atoms with van der Waals surface area (Å²) in [6, 6.07) is 4.50. The van der Waals surface area contributed by atoms with Gasteiger partial charge in [-0.3, -0.25) is 0 Å². The Kier molecular flexibility index (Phi) is 3.77. The minimum atomic E-state index is -3.50. The highest BCUT2D eigenvalue weighted by molar-refractivity contribution is 7.90. The molecule has 102 valence electrons. The van der Waals surface area contributed by atoms with Crippen molar-refractivity contribution >= 4 is 26.9 Å². The summed E-state index contributed by atoms with van der Waals surface area (Å²) in [6.45, 7) is 1.84. The van der Waals surface area contributed by atoms with Crippen molar-refractivity contribution in [2.24, 2.45) is 0 Å². The summed E-state index contributed by atoms with van der Waals surface area (Å²) >= 11 is 1.43. The van der Waals surface area contributed by atoms with Gasteiger partial charge in [-0.1, -0.05) is 0 Å². The van der Waals surface area contributed by atoms with Gasteiger partial charge in [0.05, 0.1) is 23.6 Å². The predicted molar refractivity (Wildman–Crippen MR) is 75.1 cm³/mol. The molecule has 0 bridgehead atoms. The monoisotopic (exact) mass is 298 g/mol. The second-order valence-electron chi connectivity index (χ2n) is 4.03. The van der Waals surface area contributed by atoms with E-state index in [4.69, 9.17) is 10.5 Å². The van der Waals surface area contributed by atoms with Crippen LogP contribution in [-0.2, 0) is 15.6 Å². The van der Waals surface area contributed by atoms with Gasteiger partial charge in [0.2, 0.25) is 0 Å². The molecule has 0 unspecified atom stereocenters. The average Bonchev–Trinajstić information content (AvgIpc) is 2.73. The van der Waals surface area contributed by atoms with Gasteiger partial charge in [0.1, 0.15) is 10.6 Å². The number of nitrogens with zero attached hydrogens (tertiary/aromatic N) is 1. The number of benzene rings is 1. The Labute approximate surface area is 116 Å². The SMILES string of the molecule is COc1cc(N)ccc1S(=O)(=O)Cc1csc(C)n1. The quantitative estimate of drug-likeness (QED) is 0.873. The van der Waals surface area contributed by atoms with E-state index in [-0.39, 0.29) is 16.4 Å². The van der Waals surface area contributed by atoms with Crippen molar-refractivity contribution in [1.29, 1.82) is 0 Å². The van der Waals surface area contributed by atoms with Gasteiger partial charge in [-0.25, -0.2) is 13.4 Å². The Morgan fingerprint density at radius 2 is 2.16 bits per heavy atom. The third-order valence-electron chi connectivity index (χ3n) is 2.53. The van der Waals surface area contributed by atoms with E-state index in [1.165, 1.54) is 30.6 Å². The first-order chi connectivity index (χ1) is 8.92. The van der Waals surface area contributed by atoms with Crippen molar-refractivity contribution in [2.75, 3.05) is 12.8 Å². The van der Waals surface area contributed by atoms with Gasteiger partial charge >= 0.3 is 0 Å². The maximum atomic E-state index is 12.3. The first kappa shape index (κ1) is 13.8. The highest BCUT2D eigenvalue weighted by Gasteiger charge is 2.21. The zero-order valence-electron chi connectivity index (χ0n) is 10.6. The van der Waals surface area contributed by atoms with Gasteiger partial charge in [0.15, 0.2) is 9.84 Å². The average molecular weight is 298 g/mol. The number of rotatable bonds is 4. The summed E-state index contributed by atoms with van der Waals surface area (Å²) in [6.07, 6.45) is 0. The van der Waals surface area contributed by atoms with E-state index in [1.807, 2.05) is 6.92 Å². The molecule has 5 nitrogen and oxygen atoms in total. The van der Waals surface area contributed by atoms with Gasteiger partial charge in [-0.15, -0.1) is 11.3 Å². The maximum Gasteiger partial charge on any atom is 0.187 e. The Bertz CT molecular complexity index is 693. The molecule has 0 saturated heterocycles. The lowest BCUT2D eigenvalue weighted by molar-refractivity contribution is 0.403. The molecule has 0 saturated carbocycles. The van der Waals surface area contributed by atoms with E-state index in [0.29, 0.717) is 11.4 Å². The molecule has 0 aliphatic rings. The normalized spacial score (nSPS) is 11.5. The van der Waals surface area contributed by atoms with E-state index in [9.17, 15) is 8.42 Å². The van der Waals surface area contributed by atoms with Crippen LogP contribution in [0.15, 0.2) is 28.5 Å². The fourth-order valence-electron chi connectivity index (χ4n) is 1.69. The van der Waals surface area contributed by atoms with Crippen LogP contribution in [0, 0.1) is 6.92 Å². The van der Waals surface area contributed by atoms with Crippen LogP contribution in [0.5, 0.6) is 5.75 Å². The molecule has 0 amide bonds. The van der Waals surface area contributed by atoms with Crippen molar-refractivity contribution in [2.45, 2.75) is 17.6 Å². The third kappa shape index (κ3) is 3.05. The van der Waals surface area contributed by atoms with Crippen LogP contribution < -0.4 is 10.5 Å². The van der Waals surface area contributed by atoms with Crippen LogP contribution in [0.4, 0.5) is 5.69 Å². The molecule has 0 fully saturated rings. The lowest BCUT2D eigenvalue weighted by Crippen LogP contribution is -2.07. The van der Waals surface area contributed by atoms with E-state index < -0.39 is 9.84 Å². The molecule has 0 aliphatic heterocycles. The van der Waals surface area contributed by atoms with Crippen LogP contribution in [0.25, 0.3) is 0 Å². The summed E-state index contributed by atoms with van der Waals surface area (Å²) in [7, 11) is -2.08. The first-order valence-corrected chi connectivity index (χ1v) is 8.03. The molecule has 2 rings (SSSR count). The number of hydrogen-bond acceptors (Lipinski definition) is 6. The molecular formula is C12H14N2O3S2. The van der Waals surface area contributed by atoms with Crippen LogP contribution in [-0.4, -0.2) is 20.5 Å². The Balaban J connectivity index is 2.39. The first-order valence-electron chi connectivity index (χ1n) is 5.49. The molecule has 19 heavy (non-hydrogen) atoms. The van der Waals surface area contributed by atoms with Gasteiger partial charge in [-0.05, 0) is 19.1 Å². The number of aromatic nitrogens is 1. The smallest absolute Gasteiger partial charge is 0.187 e. The van der Waals surface area contributed by atoms with E-state index in [0.717, 1.165) is 5.01 Å². The fourth-order valence-corrected chi connectivity index (χ4v) is 3.82. The zero-order valence-corrected chi connectivity index (χ0v) is 12.2. The molecule has 0 aliphatic carbocycles. The second-order valence-corrected chi connectivity index (χ2v) is 7.05. The van der Waals surface area contributed by atoms with Crippen molar-refractivity contribution in [3.05, 3.63) is 34.3 Å². The number of methoxy groups -OCH3 is 1. The molecule has 2 aromatic rings. The summed E-state index contributed by atoms with van der Waals surface area (Å²) < 4.78 is 29.8. The van der Waals surface area contributed by atoms with Crippen LogP contribution >= 0.6 is 11.3 Å². The van der Waals surface area contributed by atoms with Gasteiger partial charge in [-0.2, -0.15) is 0 Å². The molecule has 1 heterocycles. The number of sulfone groups is 1.